The zero-order chi connectivity index (χ0) is 25.3. The molecule has 7 rings (SSSR count). The molecule has 1 aliphatic carbocycles. The van der Waals surface area contributed by atoms with Gasteiger partial charge in [-0.05, 0) is 71.1 Å². The summed E-state index contributed by atoms with van der Waals surface area (Å²) in [5.41, 5.74) is 9.66. The van der Waals surface area contributed by atoms with Crippen LogP contribution in [0.1, 0.15) is 41.9 Å². The third kappa shape index (κ3) is 3.41. The summed E-state index contributed by atoms with van der Waals surface area (Å²) in [6.07, 6.45) is 3.93. The van der Waals surface area contributed by atoms with Gasteiger partial charge in [-0.2, -0.15) is 0 Å². The summed E-state index contributed by atoms with van der Waals surface area (Å²) >= 11 is 3.77. The number of rotatable bonds is 3. The Labute approximate surface area is 226 Å². The normalized spacial score (nSPS) is 15.2. The molecule has 2 heterocycles. The second kappa shape index (κ2) is 8.31. The van der Waals surface area contributed by atoms with Crippen molar-refractivity contribution in [3.8, 4) is 11.1 Å². The largest absolute Gasteiger partial charge is 0.456 e. The second-order valence-corrected chi connectivity index (χ2v) is 12.4. The molecular weight excluding hydrogens is 489 g/mol. The number of benzene rings is 4. The zero-order valence-electron chi connectivity index (χ0n) is 21.1. The van der Waals surface area contributed by atoms with Gasteiger partial charge in [-0.15, -0.1) is 0 Å². The van der Waals surface area contributed by atoms with Gasteiger partial charge >= 0.3 is 0 Å². The van der Waals surface area contributed by atoms with Crippen molar-refractivity contribution in [2.24, 2.45) is 0 Å². The molecule has 5 aromatic rings. The maximum absolute atomic E-state index is 6.38. The molecule has 2 aliphatic rings. The summed E-state index contributed by atoms with van der Waals surface area (Å²) in [6, 6.07) is 28.7. The van der Waals surface area contributed by atoms with Crippen LogP contribution in [-0.2, 0) is 5.41 Å². The first kappa shape index (κ1) is 22.8. The van der Waals surface area contributed by atoms with Crippen molar-refractivity contribution in [1.82, 2.24) is 0 Å². The minimum atomic E-state index is -0.0575. The lowest BCUT2D eigenvalue weighted by molar-refractivity contribution is 0.597. The molecule has 0 saturated heterocycles. The van der Waals surface area contributed by atoms with E-state index in [4.69, 9.17) is 4.42 Å². The first-order valence-electron chi connectivity index (χ1n) is 12.6. The highest BCUT2D eigenvalue weighted by Crippen LogP contribution is 2.56. The number of hydrogen-bond donors (Lipinski definition) is 0. The van der Waals surface area contributed by atoms with Crippen LogP contribution in [0.25, 0.3) is 27.7 Å². The van der Waals surface area contributed by atoms with Crippen molar-refractivity contribution >= 4 is 40.1 Å². The number of hydrogen-bond acceptors (Lipinski definition) is 3. The summed E-state index contributed by atoms with van der Waals surface area (Å²) in [5, 5.41) is 1.15. The van der Waals surface area contributed by atoms with Gasteiger partial charge in [0.25, 0.3) is 0 Å². The zero-order valence-corrected chi connectivity index (χ0v) is 22.7. The van der Waals surface area contributed by atoms with Crippen molar-refractivity contribution in [2.45, 2.75) is 45.8 Å². The first-order valence-corrected chi connectivity index (χ1v) is 14.2. The van der Waals surface area contributed by atoms with E-state index in [9.17, 15) is 0 Å². The lowest BCUT2D eigenvalue weighted by Crippen LogP contribution is -2.15. The summed E-state index contributed by atoms with van der Waals surface area (Å²) in [6.45, 7) is 10.9. The smallest absolute Gasteiger partial charge is 0.138 e. The topological polar surface area (TPSA) is 13.1 Å². The van der Waals surface area contributed by atoms with Crippen LogP contribution in [-0.4, -0.2) is 0 Å². The molecule has 0 N–H and O–H groups in total. The van der Waals surface area contributed by atoms with Crippen molar-refractivity contribution in [2.75, 3.05) is 0 Å². The van der Waals surface area contributed by atoms with Gasteiger partial charge in [-0.25, -0.2) is 0 Å². The Morgan fingerprint density at radius 1 is 0.784 bits per heavy atom. The van der Waals surface area contributed by atoms with Gasteiger partial charge in [0.15, 0.2) is 0 Å². The second-order valence-electron chi connectivity index (χ2n) is 10.2. The minimum absolute atomic E-state index is 0.0575. The summed E-state index contributed by atoms with van der Waals surface area (Å²) in [5.74, 6) is 0.910. The van der Waals surface area contributed by atoms with E-state index < -0.39 is 0 Å². The molecule has 1 aliphatic heterocycles. The predicted molar refractivity (Wildman–Crippen MR) is 157 cm³/mol. The number of aryl methyl sites for hydroxylation is 1. The van der Waals surface area contributed by atoms with Crippen LogP contribution in [0.3, 0.4) is 0 Å². The molecule has 0 radical (unpaired) electrons. The maximum Gasteiger partial charge on any atom is 0.138 e. The molecule has 1 nitrogen and oxygen atoms in total. The van der Waals surface area contributed by atoms with Gasteiger partial charge in [-0.1, -0.05) is 98.6 Å². The molecule has 180 valence electrons. The quantitative estimate of drug-likeness (QED) is 0.218. The lowest BCUT2D eigenvalue weighted by Gasteiger charge is -2.24. The van der Waals surface area contributed by atoms with Crippen LogP contribution in [0.2, 0.25) is 0 Å². The van der Waals surface area contributed by atoms with E-state index in [1.807, 2.05) is 41.7 Å². The average molecular weight is 515 g/mol. The van der Waals surface area contributed by atoms with Gasteiger partial charge in [0.05, 0.1) is 0 Å². The molecule has 0 unspecified atom stereocenters. The molecule has 0 fully saturated rings. The molecule has 1 aromatic heterocycles. The van der Waals surface area contributed by atoms with Crippen molar-refractivity contribution in [3.05, 3.63) is 126 Å². The summed E-state index contributed by atoms with van der Waals surface area (Å²) < 4.78 is 6.38. The fourth-order valence-corrected chi connectivity index (χ4v) is 8.07. The number of fused-ring (bicyclic) bond motifs is 6. The molecule has 0 bridgehead atoms. The molecule has 0 saturated carbocycles. The molecule has 0 spiro atoms. The average Bonchev–Trinajstić information content (AvgIpc) is 3.35. The van der Waals surface area contributed by atoms with Gasteiger partial charge in [-0.3, -0.25) is 0 Å². The van der Waals surface area contributed by atoms with E-state index >= 15 is 0 Å². The highest BCUT2D eigenvalue weighted by atomic mass is 32.2. The summed E-state index contributed by atoms with van der Waals surface area (Å²) in [7, 11) is 0. The van der Waals surface area contributed by atoms with Crippen molar-refractivity contribution in [3.63, 3.8) is 0 Å². The van der Waals surface area contributed by atoms with Crippen LogP contribution in [0.15, 0.2) is 122 Å². The van der Waals surface area contributed by atoms with Crippen LogP contribution < -0.4 is 0 Å². The molecule has 37 heavy (non-hydrogen) atoms. The van der Waals surface area contributed by atoms with Crippen LogP contribution in [0.5, 0.6) is 0 Å². The van der Waals surface area contributed by atoms with E-state index in [0.717, 1.165) is 33.4 Å². The van der Waals surface area contributed by atoms with Crippen molar-refractivity contribution < 1.29 is 4.42 Å². The Hall–Kier alpha value is -3.40. The Balaban J connectivity index is 1.38. The van der Waals surface area contributed by atoms with Gasteiger partial charge in [0.1, 0.15) is 11.3 Å². The number of allylic oxidation sites excluding steroid dienone is 2. The first-order chi connectivity index (χ1) is 18.0. The van der Waals surface area contributed by atoms with E-state index in [2.05, 4.69) is 100 Å². The molecule has 3 heteroatoms. The molecule has 4 aromatic carbocycles. The van der Waals surface area contributed by atoms with Crippen LogP contribution >= 0.6 is 23.5 Å². The number of para-hydroxylation sites is 1. The fourth-order valence-electron chi connectivity index (χ4n) is 5.79. The van der Waals surface area contributed by atoms with Gasteiger partial charge in [0, 0.05) is 41.5 Å². The van der Waals surface area contributed by atoms with E-state index in [1.165, 1.54) is 41.8 Å². The highest BCUT2D eigenvalue weighted by molar-refractivity contribution is 8.05. The Kier molecular flexibility index (Phi) is 5.11. The van der Waals surface area contributed by atoms with Gasteiger partial charge < -0.3 is 4.42 Å². The Morgan fingerprint density at radius 3 is 2.19 bits per heavy atom. The van der Waals surface area contributed by atoms with Crippen LogP contribution in [0, 0.1) is 6.92 Å². The Bertz CT molecular complexity index is 1780. The fraction of sp³-hybridized carbons (Fsp3) is 0.118. The van der Waals surface area contributed by atoms with Crippen molar-refractivity contribution in [1.29, 1.82) is 0 Å². The SMILES string of the molecule is C=C/C=C(/c1ccc2c(c1)-c1cc3c(cc1C2(C)C)Sc1ccccc1S3)c1oc2ccccc2c1C. The Morgan fingerprint density at radius 2 is 1.46 bits per heavy atom. The van der Waals surface area contributed by atoms with E-state index in [1.54, 1.807) is 0 Å². The van der Waals surface area contributed by atoms with E-state index in [-0.39, 0.29) is 5.41 Å². The van der Waals surface area contributed by atoms with E-state index in [0.29, 0.717) is 0 Å². The third-order valence-electron chi connectivity index (χ3n) is 7.71. The monoisotopic (exact) mass is 514 g/mol. The minimum Gasteiger partial charge on any atom is -0.456 e. The lowest BCUT2D eigenvalue weighted by atomic mass is 9.82. The molecular formula is C34H26OS2. The number of furan rings is 1. The highest BCUT2D eigenvalue weighted by Gasteiger charge is 2.37. The third-order valence-corrected chi connectivity index (χ3v) is 10.2. The van der Waals surface area contributed by atoms with Gasteiger partial charge in [0.2, 0.25) is 0 Å². The van der Waals surface area contributed by atoms with Crippen LogP contribution in [0.4, 0.5) is 0 Å². The molecule has 0 atom stereocenters. The standard InChI is InChI=1S/C34H26OS2/c1-5-10-23(33-20(2)22-11-6-7-12-28(22)35-33)21-15-16-26-24(17-21)25-18-31-32(19-27(25)34(26,3)4)37-30-14-9-8-13-29(30)36-31/h5-19H,1H2,2-4H3/b23-10-. The maximum atomic E-state index is 6.38. The summed E-state index contributed by atoms with van der Waals surface area (Å²) in [4.78, 5) is 5.37. The predicted octanol–water partition coefficient (Wildman–Crippen LogP) is 10.3. The molecule has 0 amide bonds.